The zero-order chi connectivity index (χ0) is 16.1. The molecule has 0 aliphatic rings. The third-order valence-electron chi connectivity index (χ3n) is 3.80. The first-order valence-corrected chi connectivity index (χ1v) is 7.74. The van der Waals surface area contributed by atoms with E-state index in [1.54, 1.807) is 24.5 Å². The van der Waals surface area contributed by atoms with Crippen molar-refractivity contribution in [3.05, 3.63) is 83.8 Å². The van der Waals surface area contributed by atoms with Crippen LogP contribution in [0.2, 0.25) is 0 Å². The maximum Gasteiger partial charge on any atom is 0.185 e. The number of ketones is 1. The number of carbonyl (C=O) groups excluding carboxylic acids is 1. The number of hydrogen-bond acceptors (Lipinski definition) is 3. The van der Waals surface area contributed by atoms with Crippen LogP contribution >= 0.6 is 0 Å². The minimum absolute atomic E-state index is 0.0177. The standard InChI is InChI=1S/C20H18N2O/c1-2-15-6-8-17(9-7-15)19-13-16(10-12-22-19)14-20(23)18-5-3-4-11-21-18/h3-13H,2,14H2,1H3. The largest absolute Gasteiger partial charge is 0.292 e. The Bertz CT molecular complexity index is 795. The van der Waals surface area contributed by atoms with Gasteiger partial charge in [0.15, 0.2) is 5.78 Å². The molecule has 3 aromatic rings. The van der Waals surface area contributed by atoms with Crippen molar-refractivity contribution < 1.29 is 4.79 Å². The second-order valence-electron chi connectivity index (χ2n) is 5.41. The summed E-state index contributed by atoms with van der Waals surface area (Å²) in [5, 5.41) is 0. The van der Waals surface area contributed by atoms with Gasteiger partial charge in [-0.05, 0) is 41.8 Å². The van der Waals surface area contributed by atoms with Crippen molar-refractivity contribution in [2.45, 2.75) is 19.8 Å². The van der Waals surface area contributed by atoms with Crippen LogP contribution in [-0.2, 0) is 12.8 Å². The molecule has 3 rings (SSSR count). The number of carbonyl (C=O) groups is 1. The van der Waals surface area contributed by atoms with Crippen molar-refractivity contribution in [2.24, 2.45) is 0 Å². The van der Waals surface area contributed by atoms with Gasteiger partial charge in [0.1, 0.15) is 5.69 Å². The molecule has 2 aromatic heterocycles. The number of Topliss-reactive ketones (excluding diaryl/α,β-unsaturated/α-hetero) is 1. The van der Waals surface area contributed by atoms with Crippen LogP contribution in [0.4, 0.5) is 0 Å². The Balaban J connectivity index is 1.80. The van der Waals surface area contributed by atoms with E-state index in [1.807, 2.05) is 18.2 Å². The van der Waals surface area contributed by atoms with Crippen LogP contribution in [0.5, 0.6) is 0 Å². The van der Waals surface area contributed by atoms with Crippen LogP contribution in [0, 0.1) is 0 Å². The van der Waals surface area contributed by atoms with Gasteiger partial charge in [-0.2, -0.15) is 0 Å². The molecule has 0 bridgehead atoms. The third kappa shape index (κ3) is 3.69. The molecule has 3 heteroatoms. The fraction of sp³-hybridized carbons (Fsp3) is 0.150. The number of nitrogens with zero attached hydrogens (tertiary/aromatic N) is 2. The number of rotatable bonds is 5. The van der Waals surface area contributed by atoms with E-state index < -0.39 is 0 Å². The smallest absolute Gasteiger partial charge is 0.185 e. The zero-order valence-electron chi connectivity index (χ0n) is 13.1. The van der Waals surface area contributed by atoms with E-state index in [9.17, 15) is 4.79 Å². The molecule has 0 atom stereocenters. The Morgan fingerprint density at radius 3 is 2.43 bits per heavy atom. The van der Waals surface area contributed by atoms with Crippen LogP contribution in [0.3, 0.4) is 0 Å². The molecular weight excluding hydrogens is 284 g/mol. The first-order valence-electron chi connectivity index (χ1n) is 7.74. The van der Waals surface area contributed by atoms with Crippen LogP contribution in [0.25, 0.3) is 11.3 Å². The van der Waals surface area contributed by atoms with E-state index in [0.29, 0.717) is 12.1 Å². The lowest BCUT2D eigenvalue weighted by Crippen LogP contribution is -2.05. The number of hydrogen-bond donors (Lipinski definition) is 0. The van der Waals surface area contributed by atoms with Crippen LogP contribution < -0.4 is 0 Å². The van der Waals surface area contributed by atoms with Crippen molar-refractivity contribution in [3.8, 4) is 11.3 Å². The average molecular weight is 302 g/mol. The van der Waals surface area contributed by atoms with E-state index >= 15 is 0 Å². The minimum atomic E-state index is 0.0177. The molecular formula is C20H18N2O. The van der Waals surface area contributed by atoms with Crippen molar-refractivity contribution in [1.82, 2.24) is 9.97 Å². The van der Waals surface area contributed by atoms with E-state index in [0.717, 1.165) is 23.2 Å². The lowest BCUT2D eigenvalue weighted by atomic mass is 10.0. The van der Waals surface area contributed by atoms with Crippen molar-refractivity contribution in [1.29, 1.82) is 0 Å². The molecule has 0 saturated carbocycles. The Kier molecular flexibility index (Phi) is 4.57. The Hall–Kier alpha value is -2.81. The van der Waals surface area contributed by atoms with Gasteiger partial charge in [-0.25, -0.2) is 0 Å². The van der Waals surface area contributed by atoms with E-state index in [1.165, 1.54) is 5.56 Å². The molecule has 1 aromatic carbocycles. The summed E-state index contributed by atoms with van der Waals surface area (Å²) in [6.07, 6.45) is 4.75. The van der Waals surface area contributed by atoms with Gasteiger partial charge >= 0.3 is 0 Å². The average Bonchev–Trinajstić information content (AvgIpc) is 2.63. The van der Waals surface area contributed by atoms with Gasteiger partial charge in [-0.1, -0.05) is 37.3 Å². The summed E-state index contributed by atoms with van der Waals surface area (Å²) in [4.78, 5) is 20.8. The SMILES string of the molecule is CCc1ccc(-c2cc(CC(=O)c3ccccn3)ccn2)cc1. The van der Waals surface area contributed by atoms with Gasteiger partial charge in [0.05, 0.1) is 5.69 Å². The fourth-order valence-corrected chi connectivity index (χ4v) is 2.46. The van der Waals surface area contributed by atoms with Gasteiger partial charge in [0.25, 0.3) is 0 Å². The molecule has 2 heterocycles. The maximum absolute atomic E-state index is 12.3. The first-order chi connectivity index (χ1) is 11.3. The predicted octanol–water partition coefficient (Wildman–Crippen LogP) is 4.13. The Morgan fingerprint density at radius 2 is 1.74 bits per heavy atom. The maximum atomic E-state index is 12.3. The van der Waals surface area contributed by atoms with Crippen LogP contribution in [0.1, 0.15) is 28.5 Å². The number of benzene rings is 1. The van der Waals surface area contributed by atoms with E-state index in [4.69, 9.17) is 0 Å². The van der Waals surface area contributed by atoms with E-state index in [-0.39, 0.29) is 5.78 Å². The molecule has 0 aliphatic heterocycles. The summed E-state index contributed by atoms with van der Waals surface area (Å²) < 4.78 is 0. The van der Waals surface area contributed by atoms with E-state index in [2.05, 4.69) is 41.2 Å². The Morgan fingerprint density at radius 1 is 0.913 bits per heavy atom. The molecule has 0 unspecified atom stereocenters. The van der Waals surface area contributed by atoms with Gasteiger partial charge in [0.2, 0.25) is 0 Å². The van der Waals surface area contributed by atoms with Gasteiger partial charge in [-0.3, -0.25) is 14.8 Å². The van der Waals surface area contributed by atoms with Gasteiger partial charge < -0.3 is 0 Å². The first kappa shape index (κ1) is 15.1. The molecule has 0 amide bonds. The Labute approximate surface area is 136 Å². The minimum Gasteiger partial charge on any atom is -0.292 e. The zero-order valence-corrected chi connectivity index (χ0v) is 13.1. The van der Waals surface area contributed by atoms with Crippen molar-refractivity contribution in [3.63, 3.8) is 0 Å². The third-order valence-corrected chi connectivity index (χ3v) is 3.80. The lowest BCUT2D eigenvalue weighted by Gasteiger charge is -2.05. The number of aryl methyl sites for hydroxylation is 1. The molecule has 0 N–H and O–H groups in total. The molecule has 0 aliphatic carbocycles. The number of aromatic nitrogens is 2. The van der Waals surface area contributed by atoms with Crippen LogP contribution in [0.15, 0.2) is 67.0 Å². The molecule has 114 valence electrons. The highest BCUT2D eigenvalue weighted by atomic mass is 16.1. The normalized spacial score (nSPS) is 10.5. The topological polar surface area (TPSA) is 42.9 Å². The fourth-order valence-electron chi connectivity index (χ4n) is 2.46. The molecule has 3 nitrogen and oxygen atoms in total. The summed E-state index contributed by atoms with van der Waals surface area (Å²) in [7, 11) is 0. The molecule has 0 spiro atoms. The summed E-state index contributed by atoms with van der Waals surface area (Å²) in [6, 6.07) is 17.6. The molecule has 0 saturated heterocycles. The monoisotopic (exact) mass is 302 g/mol. The summed E-state index contributed by atoms with van der Waals surface area (Å²) >= 11 is 0. The summed E-state index contributed by atoms with van der Waals surface area (Å²) in [5.41, 5.74) is 4.70. The highest BCUT2D eigenvalue weighted by Crippen LogP contribution is 2.19. The van der Waals surface area contributed by atoms with Crippen LogP contribution in [-0.4, -0.2) is 15.8 Å². The second-order valence-corrected chi connectivity index (χ2v) is 5.41. The van der Waals surface area contributed by atoms with Crippen molar-refractivity contribution >= 4 is 5.78 Å². The summed E-state index contributed by atoms with van der Waals surface area (Å²) in [5.74, 6) is 0.0177. The van der Waals surface area contributed by atoms with Gasteiger partial charge in [-0.15, -0.1) is 0 Å². The summed E-state index contributed by atoms with van der Waals surface area (Å²) in [6.45, 7) is 2.14. The van der Waals surface area contributed by atoms with Gasteiger partial charge in [0, 0.05) is 24.4 Å². The quantitative estimate of drug-likeness (QED) is 0.665. The highest BCUT2D eigenvalue weighted by Gasteiger charge is 2.09. The number of pyridine rings is 2. The predicted molar refractivity (Wildman–Crippen MR) is 91.3 cm³/mol. The molecule has 23 heavy (non-hydrogen) atoms. The molecule has 0 fully saturated rings. The highest BCUT2D eigenvalue weighted by molar-refractivity contribution is 5.95. The second kappa shape index (κ2) is 6.97. The lowest BCUT2D eigenvalue weighted by molar-refractivity contribution is 0.0988. The molecule has 0 radical (unpaired) electrons. The van der Waals surface area contributed by atoms with Crippen molar-refractivity contribution in [2.75, 3.05) is 0 Å².